The van der Waals surface area contributed by atoms with E-state index in [0.717, 1.165) is 0 Å². The molecule has 0 bridgehead atoms. The van der Waals surface area contributed by atoms with E-state index >= 15 is 0 Å². The monoisotopic (exact) mass is 178 g/mol. The Morgan fingerprint density at radius 2 is 2.18 bits per heavy atom. The van der Waals surface area contributed by atoms with Gasteiger partial charge in [0.05, 0.1) is 6.54 Å². The topological polar surface area (TPSA) is 72.2 Å². The molecule has 0 heterocycles. The zero-order valence-corrected chi connectivity index (χ0v) is 7.02. The molecule has 0 fully saturated rings. The summed E-state index contributed by atoms with van der Waals surface area (Å²) in [6.45, 7) is 1.55. The molecular weight excluding hydrogens is 168 g/mol. The molecule has 0 radical (unpaired) electrons. The molecule has 0 spiro atoms. The van der Waals surface area contributed by atoms with Gasteiger partial charge in [0.15, 0.2) is 0 Å². The van der Waals surface area contributed by atoms with Gasteiger partial charge in [-0.1, -0.05) is 6.92 Å². The van der Waals surface area contributed by atoms with Crippen LogP contribution >= 0.6 is 11.6 Å². The molecule has 0 aliphatic carbocycles. The first-order valence-electron chi connectivity index (χ1n) is 3.20. The summed E-state index contributed by atoms with van der Waals surface area (Å²) in [5.74, 6) is -0.847. The van der Waals surface area contributed by atoms with Crippen molar-refractivity contribution in [2.24, 2.45) is 11.7 Å². The highest BCUT2D eigenvalue weighted by molar-refractivity contribution is 6.19. The van der Waals surface area contributed by atoms with Gasteiger partial charge in [-0.25, -0.2) is 0 Å². The molecule has 1 atom stereocenters. The third kappa shape index (κ3) is 4.61. The molecule has 11 heavy (non-hydrogen) atoms. The van der Waals surface area contributed by atoms with Crippen LogP contribution in [0.1, 0.15) is 6.92 Å². The molecule has 4 nitrogen and oxygen atoms in total. The second-order valence-corrected chi connectivity index (χ2v) is 2.55. The molecule has 5 heteroatoms. The van der Waals surface area contributed by atoms with Gasteiger partial charge in [-0.2, -0.15) is 0 Å². The Kier molecular flexibility index (Phi) is 4.61. The van der Waals surface area contributed by atoms with E-state index < -0.39 is 5.91 Å². The molecule has 0 aromatic rings. The Morgan fingerprint density at radius 1 is 1.64 bits per heavy atom. The van der Waals surface area contributed by atoms with Crippen LogP contribution in [0, 0.1) is 5.92 Å². The SMILES string of the molecule is CC(CCl)C(=O)NCC(N)=O. The maximum atomic E-state index is 10.9. The highest BCUT2D eigenvalue weighted by Gasteiger charge is 2.10. The molecule has 0 saturated carbocycles. The number of alkyl halides is 1. The van der Waals surface area contributed by atoms with Gasteiger partial charge < -0.3 is 11.1 Å². The van der Waals surface area contributed by atoms with E-state index in [9.17, 15) is 9.59 Å². The zero-order valence-electron chi connectivity index (χ0n) is 6.26. The first-order valence-corrected chi connectivity index (χ1v) is 3.73. The van der Waals surface area contributed by atoms with Crippen LogP contribution in [0.15, 0.2) is 0 Å². The maximum Gasteiger partial charge on any atom is 0.236 e. The first-order chi connectivity index (χ1) is 5.07. The summed E-state index contributed by atoms with van der Waals surface area (Å²) in [7, 11) is 0. The van der Waals surface area contributed by atoms with Gasteiger partial charge in [-0.3, -0.25) is 9.59 Å². The Balaban J connectivity index is 3.60. The predicted molar refractivity (Wildman–Crippen MR) is 42.1 cm³/mol. The minimum absolute atomic E-state index is 0.125. The van der Waals surface area contributed by atoms with Crippen LogP contribution < -0.4 is 11.1 Å². The van der Waals surface area contributed by atoms with Crippen molar-refractivity contribution in [1.82, 2.24) is 5.32 Å². The van der Waals surface area contributed by atoms with Crippen molar-refractivity contribution in [3.05, 3.63) is 0 Å². The molecule has 2 amide bonds. The second kappa shape index (κ2) is 4.96. The third-order valence-electron chi connectivity index (χ3n) is 1.12. The quantitative estimate of drug-likeness (QED) is 0.568. The fourth-order valence-electron chi connectivity index (χ4n) is 0.419. The fraction of sp³-hybridized carbons (Fsp3) is 0.667. The van der Waals surface area contributed by atoms with Crippen LogP contribution in [0.4, 0.5) is 0 Å². The Morgan fingerprint density at radius 3 is 2.55 bits per heavy atom. The summed E-state index contributed by atoms with van der Waals surface area (Å²) >= 11 is 5.39. The summed E-state index contributed by atoms with van der Waals surface area (Å²) in [4.78, 5) is 21.1. The number of carbonyl (C=O) groups is 2. The van der Waals surface area contributed by atoms with E-state index in [1.807, 2.05) is 0 Å². The maximum absolute atomic E-state index is 10.9. The van der Waals surface area contributed by atoms with Crippen molar-refractivity contribution in [1.29, 1.82) is 0 Å². The number of amides is 2. The minimum atomic E-state index is -0.555. The molecule has 3 N–H and O–H groups in total. The third-order valence-corrected chi connectivity index (χ3v) is 1.58. The van der Waals surface area contributed by atoms with E-state index in [2.05, 4.69) is 5.32 Å². The van der Waals surface area contributed by atoms with Crippen molar-refractivity contribution in [2.45, 2.75) is 6.92 Å². The zero-order chi connectivity index (χ0) is 8.85. The van der Waals surface area contributed by atoms with Crippen molar-refractivity contribution in [3.8, 4) is 0 Å². The average Bonchev–Trinajstić information content (AvgIpc) is 1.98. The summed E-state index contributed by atoms with van der Waals surface area (Å²) in [5.41, 5.74) is 4.80. The molecule has 0 aliphatic rings. The minimum Gasteiger partial charge on any atom is -0.368 e. The van der Waals surface area contributed by atoms with Crippen LogP contribution in [-0.4, -0.2) is 24.2 Å². The number of halogens is 1. The fourth-order valence-corrected chi connectivity index (χ4v) is 0.559. The van der Waals surface area contributed by atoms with Crippen LogP contribution in [0.3, 0.4) is 0 Å². The summed E-state index contributed by atoms with van der Waals surface area (Å²) < 4.78 is 0. The van der Waals surface area contributed by atoms with Crippen LogP contribution in [-0.2, 0) is 9.59 Å². The lowest BCUT2D eigenvalue weighted by Gasteiger charge is -2.06. The summed E-state index contributed by atoms with van der Waals surface area (Å²) in [6, 6.07) is 0. The molecule has 0 aromatic carbocycles. The van der Waals surface area contributed by atoms with E-state index in [4.69, 9.17) is 17.3 Å². The van der Waals surface area contributed by atoms with E-state index in [1.165, 1.54) is 0 Å². The lowest BCUT2D eigenvalue weighted by atomic mass is 10.2. The summed E-state index contributed by atoms with van der Waals surface area (Å²) in [6.07, 6.45) is 0. The van der Waals surface area contributed by atoms with Crippen LogP contribution in [0.25, 0.3) is 0 Å². The van der Waals surface area contributed by atoms with Gasteiger partial charge in [-0.05, 0) is 0 Å². The lowest BCUT2D eigenvalue weighted by Crippen LogP contribution is -2.36. The van der Waals surface area contributed by atoms with Crippen molar-refractivity contribution >= 4 is 23.4 Å². The number of nitrogens with two attached hydrogens (primary N) is 1. The predicted octanol–water partition coefficient (Wildman–Crippen LogP) is -0.537. The molecule has 0 aliphatic heterocycles. The second-order valence-electron chi connectivity index (χ2n) is 2.24. The highest BCUT2D eigenvalue weighted by Crippen LogP contribution is 1.96. The van der Waals surface area contributed by atoms with Crippen LogP contribution in [0.5, 0.6) is 0 Å². The molecule has 0 rings (SSSR count). The van der Waals surface area contributed by atoms with Gasteiger partial charge >= 0.3 is 0 Å². The van der Waals surface area contributed by atoms with Gasteiger partial charge in [0.25, 0.3) is 0 Å². The average molecular weight is 179 g/mol. The Bertz CT molecular complexity index is 161. The molecule has 0 saturated heterocycles. The Hall–Kier alpha value is -0.770. The highest BCUT2D eigenvalue weighted by atomic mass is 35.5. The number of hydrogen-bond acceptors (Lipinski definition) is 2. The molecule has 0 aromatic heterocycles. The number of rotatable bonds is 4. The number of carbonyl (C=O) groups excluding carboxylic acids is 2. The van der Waals surface area contributed by atoms with Crippen LogP contribution in [0.2, 0.25) is 0 Å². The largest absolute Gasteiger partial charge is 0.368 e. The normalized spacial score (nSPS) is 12.2. The van der Waals surface area contributed by atoms with Crippen molar-refractivity contribution in [2.75, 3.05) is 12.4 Å². The standard InChI is InChI=1S/C6H11ClN2O2/c1-4(2-7)6(11)9-3-5(8)10/h4H,2-3H2,1H3,(H2,8,10)(H,9,11). The summed E-state index contributed by atoms with van der Waals surface area (Å²) in [5, 5.41) is 2.33. The molecular formula is C6H11ClN2O2. The van der Waals surface area contributed by atoms with Crippen molar-refractivity contribution in [3.63, 3.8) is 0 Å². The van der Waals surface area contributed by atoms with Gasteiger partial charge in [0.2, 0.25) is 11.8 Å². The Labute approximate surface area is 70.1 Å². The first kappa shape index (κ1) is 10.2. The molecule has 1 unspecified atom stereocenters. The van der Waals surface area contributed by atoms with Gasteiger partial charge in [0, 0.05) is 11.8 Å². The smallest absolute Gasteiger partial charge is 0.236 e. The van der Waals surface area contributed by atoms with Crippen molar-refractivity contribution < 1.29 is 9.59 Å². The number of primary amides is 1. The van der Waals surface area contributed by atoms with Gasteiger partial charge in [-0.15, -0.1) is 11.6 Å². The van der Waals surface area contributed by atoms with E-state index in [1.54, 1.807) is 6.92 Å². The van der Waals surface area contributed by atoms with E-state index in [0.29, 0.717) is 0 Å². The van der Waals surface area contributed by atoms with E-state index in [-0.39, 0.29) is 24.2 Å². The number of hydrogen-bond donors (Lipinski definition) is 2. The molecule has 64 valence electrons. The number of nitrogens with one attached hydrogen (secondary N) is 1. The lowest BCUT2D eigenvalue weighted by molar-refractivity contribution is -0.126. The van der Waals surface area contributed by atoms with Gasteiger partial charge in [0.1, 0.15) is 0 Å².